The Labute approximate surface area is 140 Å². The van der Waals surface area contributed by atoms with Gasteiger partial charge in [-0.25, -0.2) is 0 Å². The van der Waals surface area contributed by atoms with E-state index in [0.717, 1.165) is 43.4 Å². The van der Waals surface area contributed by atoms with Crippen molar-refractivity contribution >= 4 is 11.6 Å². The van der Waals surface area contributed by atoms with Gasteiger partial charge in [0, 0.05) is 18.8 Å². The number of hydrogen-bond acceptors (Lipinski definition) is 2. The van der Waals surface area contributed by atoms with Crippen LogP contribution in [0.1, 0.15) is 78.6 Å². The highest BCUT2D eigenvalue weighted by molar-refractivity contribution is 5.80. The first-order valence-corrected chi connectivity index (χ1v) is 9.88. The molecule has 0 saturated heterocycles. The number of carbonyl (C=O) groups is 2. The predicted molar refractivity (Wildman–Crippen MR) is 90.9 cm³/mol. The van der Waals surface area contributed by atoms with Gasteiger partial charge in [-0.15, -0.1) is 0 Å². The molecule has 4 saturated carbocycles. The summed E-state index contributed by atoms with van der Waals surface area (Å²) in [5.41, 5.74) is 0.660. The van der Waals surface area contributed by atoms with Crippen molar-refractivity contribution < 1.29 is 9.59 Å². The molecule has 0 heterocycles. The lowest BCUT2D eigenvalue weighted by Crippen LogP contribution is -2.53. The zero-order valence-corrected chi connectivity index (χ0v) is 15.1. The Hall–Kier alpha value is -0.660. The van der Waals surface area contributed by atoms with E-state index in [4.69, 9.17) is 0 Å². The van der Waals surface area contributed by atoms with Crippen LogP contribution in [-0.2, 0) is 9.59 Å². The molecule has 2 nitrogen and oxygen atoms in total. The Morgan fingerprint density at radius 1 is 0.957 bits per heavy atom. The molecule has 0 aromatic rings. The maximum absolute atomic E-state index is 12.2. The van der Waals surface area contributed by atoms with Gasteiger partial charge in [0.15, 0.2) is 0 Å². The summed E-state index contributed by atoms with van der Waals surface area (Å²) in [5.74, 6) is 4.25. The molecule has 0 N–H and O–H groups in total. The van der Waals surface area contributed by atoms with Gasteiger partial charge in [-0.1, -0.05) is 13.8 Å². The average Bonchev–Trinajstić information content (AvgIpc) is 2.85. The van der Waals surface area contributed by atoms with Gasteiger partial charge in [0.25, 0.3) is 0 Å². The Morgan fingerprint density at radius 3 is 2.43 bits per heavy atom. The average molecular weight is 316 g/mol. The van der Waals surface area contributed by atoms with E-state index in [0.29, 0.717) is 28.8 Å². The van der Waals surface area contributed by atoms with Gasteiger partial charge in [0.05, 0.1) is 0 Å². The molecule has 0 aromatic carbocycles. The van der Waals surface area contributed by atoms with E-state index in [-0.39, 0.29) is 5.41 Å². The molecule has 0 aliphatic heterocycles. The third-order valence-electron chi connectivity index (χ3n) is 8.97. The lowest BCUT2D eigenvalue weighted by Gasteiger charge is -2.60. The van der Waals surface area contributed by atoms with Gasteiger partial charge < -0.3 is 0 Å². The normalized spacial score (nSPS) is 52.5. The van der Waals surface area contributed by atoms with Crippen molar-refractivity contribution in [2.75, 3.05) is 0 Å². The van der Waals surface area contributed by atoms with Crippen molar-refractivity contribution in [3.05, 3.63) is 0 Å². The molecule has 0 unspecified atom stereocenters. The van der Waals surface area contributed by atoms with E-state index in [1.165, 1.54) is 32.1 Å². The quantitative estimate of drug-likeness (QED) is 0.696. The molecule has 4 aliphatic rings. The van der Waals surface area contributed by atoms with Gasteiger partial charge in [-0.2, -0.15) is 0 Å². The summed E-state index contributed by atoms with van der Waals surface area (Å²) < 4.78 is 0. The smallest absolute Gasteiger partial charge is 0.133 e. The van der Waals surface area contributed by atoms with Gasteiger partial charge in [0.1, 0.15) is 11.6 Å². The molecule has 0 radical (unpaired) electrons. The minimum atomic E-state index is 0.265. The van der Waals surface area contributed by atoms with Crippen molar-refractivity contribution in [1.82, 2.24) is 0 Å². The first kappa shape index (κ1) is 15.8. The largest absolute Gasteiger partial charge is 0.300 e. The maximum Gasteiger partial charge on any atom is 0.133 e. The lowest BCUT2D eigenvalue weighted by atomic mass is 9.44. The second kappa shape index (κ2) is 5.17. The zero-order chi connectivity index (χ0) is 16.4. The topological polar surface area (TPSA) is 34.1 Å². The fourth-order valence-electron chi connectivity index (χ4n) is 7.71. The Bertz CT molecular complexity index is 538. The number of rotatable bonds is 1. The molecule has 4 aliphatic carbocycles. The summed E-state index contributed by atoms with van der Waals surface area (Å²) in [6, 6.07) is 0. The number of ketones is 2. The summed E-state index contributed by atoms with van der Waals surface area (Å²) in [7, 11) is 0. The monoisotopic (exact) mass is 316 g/mol. The van der Waals surface area contributed by atoms with Crippen molar-refractivity contribution in [3.8, 4) is 0 Å². The molecule has 2 heteroatoms. The number of carbonyl (C=O) groups excluding carboxylic acids is 2. The van der Waals surface area contributed by atoms with Crippen LogP contribution in [0.5, 0.6) is 0 Å². The Morgan fingerprint density at radius 2 is 1.70 bits per heavy atom. The number of fused-ring (bicyclic) bond motifs is 5. The summed E-state index contributed by atoms with van der Waals surface area (Å²) in [5, 5.41) is 0. The first-order chi connectivity index (χ1) is 10.9. The van der Waals surface area contributed by atoms with Crippen LogP contribution in [0.4, 0.5) is 0 Å². The standard InChI is InChI=1S/C21H32O2/c1-13(22)17-6-7-18-16-5-4-14-12-15(23)8-10-20(14,2)19(16)9-11-21(17,18)3/h14,16-19H,4-12H2,1-3H3/t14-,16-,17+,18+,19+,20+,21+/m0/s1. The third kappa shape index (κ3) is 2.12. The maximum atomic E-state index is 12.2. The highest BCUT2D eigenvalue weighted by Gasteiger charge is 2.60. The van der Waals surface area contributed by atoms with E-state index in [9.17, 15) is 9.59 Å². The molecule has 4 fully saturated rings. The summed E-state index contributed by atoms with van der Waals surface area (Å²) in [4.78, 5) is 24.1. The predicted octanol–water partition coefficient (Wildman–Crippen LogP) is 4.80. The highest BCUT2D eigenvalue weighted by Crippen LogP contribution is 2.67. The summed E-state index contributed by atoms with van der Waals surface area (Å²) >= 11 is 0. The van der Waals surface area contributed by atoms with Crippen molar-refractivity contribution in [2.45, 2.75) is 78.6 Å². The summed E-state index contributed by atoms with van der Waals surface area (Å²) in [6.45, 7) is 6.74. The summed E-state index contributed by atoms with van der Waals surface area (Å²) in [6.07, 6.45) is 10.3. The van der Waals surface area contributed by atoms with E-state index >= 15 is 0 Å². The van der Waals surface area contributed by atoms with Crippen LogP contribution in [0.3, 0.4) is 0 Å². The lowest BCUT2D eigenvalue weighted by molar-refractivity contribution is -0.143. The SMILES string of the molecule is CC(=O)[C@H]1CC[C@@H]2[C@@H]3CC[C@H]4CC(=O)CC[C@@]4(C)[C@@H]3CC[C@]12C. The first-order valence-electron chi connectivity index (χ1n) is 9.88. The molecule has 0 amide bonds. The van der Waals surface area contributed by atoms with Crippen LogP contribution < -0.4 is 0 Å². The second-order valence-corrected chi connectivity index (χ2v) is 9.68. The number of Topliss-reactive ketones (excluding diaryl/α,β-unsaturated/α-hetero) is 2. The molecule has 0 aromatic heterocycles. The molecule has 128 valence electrons. The van der Waals surface area contributed by atoms with E-state index in [2.05, 4.69) is 13.8 Å². The highest BCUT2D eigenvalue weighted by atomic mass is 16.1. The van der Waals surface area contributed by atoms with Crippen LogP contribution >= 0.6 is 0 Å². The van der Waals surface area contributed by atoms with Gasteiger partial charge in [-0.3, -0.25) is 9.59 Å². The molecule has 0 bridgehead atoms. The van der Waals surface area contributed by atoms with E-state index in [1.807, 2.05) is 6.92 Å². The van der Waals surface area contributed by atoms with Crippen LogP contribution in [0.2, 0.25) is 0 Å². The van der Waals surface area contributed by atoms with Crippen molar-refractivity contribution in [1.29, 1.82) is 0 Å². The van der Waals surface area contributed by atoms with Crippen LogP contribution in [-0.4, -0.2) is 11.6 Å². The molecule has 4 rings (SSSR count). The molecular weight excluding hydrogens is 284 g/mol. The van der Waals surface area contributed by atoms with Crippen molar-refractivity contribution in [3.63, 3.8) is 0 Å². The van der Waals surface area contributed by atoms with Gasteiger partial charge in [0.2, 0.25) is 0 Å². The third-order valence-corrected chi connectivity index (χ3v) is 8.97. The Balaban J connectivity index is 1.63. The van der Waals surface area contributed by atoms with Crippen LogP contribution in [0.25, 0.3) is 0 Å². The molecule has 0 spiro atoms. The minimum absolute atomic E-state index is 0.265. The fourth-order valence-corrected chi connectivity index (χ4v) is 7.71. The van der Waals surface area contributed by atoms with Crippen LogP contribution in [0.15, 0.2) is 0 Å². The molecule has 23 heavy (non-hydrogen) atoms. The van der Waals surface area contributed by atoms with E-state index < -0.39 is 0 Å². The zero-order valence-electron chi connectivity index (χ0n) is 15.1. The van der Waals surface area contributed by atoms with E-state index in [1.54, 1.807) is 0 Å². The second-order valence-electron chi connectivity index (χ2n) is 9.68. The Kier molecular flexibility index (Phi) is 3.56. The van der Waals surface area contributed by atoms with Gasteiger partial charge in [-0.05, 0) is 86.4 Å². The molecule has 7 atom stereocenters. The molecular formula is C21H32O2. The minimum Gasteiger partial charge on any atom is -0.300 e. The van der Waals surface area contributed by atoms with Gasteiger partial charge >= 0.3 is 0 Å². The fraction of sp³-hybridized carbons (Fsp3) is 0.905. The van der Waals surface area contributed by atoms with Crippen molar-refractivity contribution in [2.24, 2.45) is 40.4 Å². The number of hydrogen-bond donors (Lipinski definition) is 0. The van der Waals surface area contributed by atoms with Crippen LogP contribution in [0, 0.1) is 40.4 Å².